The highest BCUT2D eigenvalue weighted by Gasteiger charge is 2.07. The Kier molecular flexibility index (Phi) is 3.93. The Morgan fingerprint density at radius 1 is 1.38 bits per heavy atom. The molecule has 0 aliphatic heterocycles. The van der Waals surface area contributed by atoms with Gasteiger partial charge in [0.15, 0.2) is 0 Å². The van der Waals surface area contributed by atoms with Crippen LogP contribution in [-0.4, -0.2) is 4.98 Å². The highest BCUT2D eigenvalue weighted by atomic mass is 32.2. The summed E-state index contributed by atoms with van der Waals surface area (Å²) in [7, 11) is 0. The molecule has 2 aromatic rings. The molecule has 1 heterocycles. The van der Waals surface area contributed by atoms with Gasteiger partial charge in [-0.05, 0) is 5.56 Å². The first-order valence-electron chi connectivity index (χ1n) is 4.80. The average Bonchev–Trinajstić information content (AvgIpc) is 2.81. The van der Waals surface area contributed by atoms with E-state index < -0.39 is 0 Å². The minimum atomic E-state index is -0.186. The molecule has 5 heteroatoms. The summed E-state index contributed by atoms with van der Waals surface area (Å²) in [6.07, 6.45) is 1.75. The van der Waals surface area contributed by atoms with E-state index in [-0.39, 0.29) is 12.4 Å². The van der Waals surface area contributed by atoms with Gasteiger partial charge in [0.25, 0.3) is 0 Å². The van der Waals surface area contributed by atoms with E-state index in [1.54, 1.807) is 41.4 Å². The molecular formula is C11H11FN2S2. The smallest absolute Gasteiger partial charge is 0.150 e. The fraction of sp³-hybridized carbons (Fsp3) is 0.182. The number of hydrogen-bond acceptors (Lipinski definition) is 4. The lowest BCUT2D eigenvalue weighted by Crippen LogP contribution is -2.01. The van der Waals surface area contributed by atoms with E-state index in [0.29, 0.717) is 16.9 Å². The summed E-state index contributed by atoms with van der Waals surface area (Å²) < 4.78 is 14.7. The lowest BCUT2D eigenvalue weighted by Gasteiger charge is -2.05. The van der Waals surface area contributed by atoms with E-state index in [1.807, 2.05) is 11.4 Å². The SMILES string of the molecule is NCc1cccc(CSc2nccs2)c1F. The fourth-order valence-corrected chi connectivity index (χ4v) is 2.94. The van der Waals surface area contributed by atoms with Gasteiger partial charge in [0, 0.05) is 29.4 Å². The summed E-state index contributed by atoms with van der Waals surface area (Å²) in [5.74, 6) is 0.404. The molecule has 2 rings (SSSR count). The Hall–Kier alpha value is -0.910. The Labute approximate surface area is 102 Å². The second-order valence-electron chi connectivity index (χ2n) is 3.18. The predicted molar refractivity (Wildman–Crippen MR) is 66.0 cm³/mol. The van der Waals surface area contributed by atoms with Gasteiger partial charge in [-0.2, -0.15) is 0 Å². The summed E-state index contributed by atoms with van der Waals surface area (Å²) in [4.78, 5) is 4.14. The molecule has 0 aliphatic carbocycles. The van der Waals surface area contributed by atoms with Crippen molar-refractivity contribution >= 4 is 23.1 Å². The van der Waals surface area contributed by atoms with Crippen LogP contribution in [0.2, 0.25) is 0 Å². The van der Waals surface area contributed by atoms with Crippen molar-refractivity contribution in [2.24, 2.45) is 5.73 Å². The molecule has 0 aliphatic rings. The van der Waals surface area contributed by atoms with E-state index >= 15 is 0 Å². The lowest BCUT2D eigenvalue weighted by atomic mass is 10.1. The van der Waals surface area contributed by atoms with Crippen molar-refractivity contribution in [3.63, 3.8) is 0 Å². The van der Waals surface area contributed by atoms with Gasteiger partial charge in [-0.25, -0.2) is 9.37 Å². The zero-order valence-electron chi connectivity index (χ0n) is 8.52. The average molecular weight is 254 g/mol. The highest BCUT2D eigenvalue weighted by molar-refractivity contribution is 8.00. The van der Waals surface area contributed by atoms with Crippen LogP contribution < -0.4 is 5.73 Å². The largest absolute Gasteiger partial charge is 0.326 e. The normalized spacial score (nSPS) is 10.6. The third kappa shape index (κ3) is 2.61. The summed E-state index contributed by atoms with van der Waals surface area (Å²) in [5.41, 5.74) is 6.70. The molecule has 0 fully saturated rings. The summed E-state index contributed by atoms with van der Waals surface area (Å²) >= 11 is 3.10. The molecule has 1 aromatic carbocycles. The summed E-state index contributed by atoms with van der Waals surface area (Å²) in [6.45, 7) is 0.238. The van der Waals surface area contributed by atoms with Crippen LogP contribution in [-0.2, 0) is 12.3 Å². The van der Waals surface area contributed by atoms with Gasteiger partial charge in [0.2, 0.25) is 0 Å². The lowest BCUT2D eigenvalue weighted by molar-refractivity contribution is 0.600. The number of benzene rings is 1. The van der Waals surface area contributed by atoms with Crippen LogP contribution in [0, 0.1) is 5.82 Å². The second-order valence-corrected chi connectivity index (χ2v) is 5.30. The maximum atomic E-state index is 13.8. The molecule has 0 radical (unpaired) electrons. The van der Waals surface area contributed by atoms with Gasteiger partial charge >= 0.3 is 0 Å². The van der Waals surface area contributed by atoms with Crippen LogP contribution in [0.1, 0.15) is 11.1 Å². The van der Waals surface area contributed by atoms with Gasteiger partial charge in [0.05, 0.1) is 0 Å². The Morgan fingerprint density at radius 3 is 2.88 bits per heavy atom. The quantitative estimate of drug-likeness (QED) is 0.852. The third-order valence-electron chi connectivity index (χ3n) is 2.14. The Bertz CT molecular complexity index is 457. The van der Waals surface area contributed by atoms with E-state index in [4.69, 9.17) is 5.73 Å². The Balaban J connectivity index is 2.09. The first kappa shape index (κ1) is 11.6. The molecule has 0 unspecified atom stereocenters. The number of thioether (sulfide) groups is 1. The van der Waals surface area contributed by atoms with E-state index in [2.05, 4.69) is 4.98 Å². The second kappa shape index (κ2) is 5.43. The zero-order valence-corrected chi connectivity index (χ0v) is 10.2. The Morgan fingerprint density at radius 2 is 2.19 bits per heavy atom. The van der Waals surface area contributed by atoms with E-state index in [0.717, 1.165) is 4.34 Å². The molecule has 84 valence electrons. The minimum absolute atomic E-state index is 0.186. The van der Waals surface area contributed by atoms with Crippen molar-refractivity contribution in [3.8, 4) is 0 Å². The molecule has 0 atom stereocenters. The molecule has 0 saturated heterocycles. The van der Waals surface area contributed by atoms with E-state index in [1.165, 1.54) is 0 Å². The first-order valence-corrected chi connectivity index (χ1v) is 6.66. The van der Waals surface area contributed by atoms with Crippen molar-refractivity contribution in [3.05, 3.63) is 46.7 Å². The molecule has 2 nitrogen and oxygen atoms in total. The van der Waals surface area contributed by atoms with Crippen molar-refractivity contribution < 1.29 is 4.39 Å². The summed E-state index contributed by atoms with van der Waals surface area (Å²) in [6, 6.07) is 5.34. The van der Waals surface area contributed by atoms with Gasteiger partial charge in [-0.1, -0.05) is 30.0 Å². The van der Waals surface area contributed by atoms with Crippen molar-refractivity contribution in [1.82, 2.24) is 4.98 Å². The maximum absolute atomic E-state index is 13.8. The molecule has 1 aromatic heterocycles. The minimum Gasteiger partial charge on any atom is -0.326 e. The number of nitrogens with zero attached hydrogens (tertiary/aromatic N) is 1. The van der Waals surface area contributed by atoms with Gasteiger partial charge in [-0.3, -0.25) is 0 Å². The van der Waals surface area contributed by atoms with Crippen molar-refractivity contribution in [2.75, 3.05) is 0 Å². The topological polar surface area (TPSA) is 38.9 Å². The predicted octanol–water partition coefficient (Wildman–Crippen LogP) is 3.03. The molecular weight excluding hydrogens is 243 g/mol. The van der Waals surface area contributed by atoms with Gasteiger partial charge in [-0.15, -0.1) is 11.3 Å². The zero-order chi connectivity index (χ0) is 11.4. The van der Waals surface area contributed by atoms with Gasteiger partial charge < -0.3 is 5.73 Å². The standard InChI is InChI=1S/C11H11FN2S2/c12-10-8(6-13)2-1-3-9(10)7-16-11-14-4-5-15-11/h1-5H,6-7,13H2. The van der Waals surface area contributed by atoms with Crippen molar-refractivity contribution in [1.29, 1.82) is 0 Å². The van der Waals surface area contributed by atoms with Crippen LogP contribution >= 0.6 is 23.1 Å². The molecule has 16 heavy (non-hydrogen) atoms. The van der Waals surface area contributed by atoms with E-state index in [9.17, 15) is 4.39 Å². The number of nitrogens with two attached hydrogens (primary N) is 1. The van der Waals surface area contributed by atoms with Crippen LogP contribution in [0.15, 0.2) is 34.1 Å². The summed E-state index contributed by atoms with van der Waals surface area (Å²) in [5, 5.41) is 1.91. The fourth-order valence-electron chi connectivity index (χ4n) is 1.32. The highest BCUT2D eigenvalue weighted by Crippen LogP contribution is 2.26. The van der Waals surface area contributed by atoms with Crippen LogP contribution in [0.3, 0.4) is 0 Å². The number of hydrogen-bond donors (Lipinski definition) is 1. The molecule has 0 saturated carbocycles. The first-order chi connectivity index (χ1) is 7.81. The number of aromatic nitrogens is 1. The molecule has 0 spiro atoms. The number of thiazole rings is 1. The van der Waals surface area contributed by atoms with Crippen LogP contribution in [0.4, 0.5) is 4.39 Å². The molecule has 2 N–H and O–H groups in total. The monoisotopic (exact) mass is 254 g/mol. The van der Waals surface area contributed by atoms with Crippen LogP contribution in [0.25, 0.3) is 0 Å². The maximum Gasteiger partial charge on any atom is 0.150 e. The molecule has 0 bridgehead atoms. The van der Waals surface area contributed by atoms with Crippen LogP contribution in [0.5, 0.6) is 0 Å². The third-order valence-corrected chi connectivity index (χ3v) is 4.15. The molecule has 0 amide bonds. The number of halogens is 1. The number of rotatable bonds is 4. The van der Waals surface area contributed by atoms with Crippen molar-refractivity contribution in [2.45, 2.75) is 16.6 Å². The van der Waals surface area contributed by atoms with Gasteiger partial charge in [0.1, 0.15) is 10.2 Å².